The third-order valence-corrected chi connectivity index (χ3v) is 3.56. The van der Waals surface area contributed by atoms with E-state index >= 15 is 0 Å². The third kappa shape index (κ3) is 2.42. The van der Waals surface area contributed by atoms with Crippen molar-refractivity contribution in [3.63, 3.8) is 0 Å². The molecule has 3 heterocycles. The monoisotopic (exact) mass is 317 g/mol. The minimum absolute atomic E-state index is 0.0775. The number of ether oxygens (including phenoxy) is 1. The Morgan fingerprint density at radius 3 is 3.00 bits per heavy atom. The lowest BCUT2D eigenvalue weighted by molar-refractivity contribution is -0.188. The zero-order valence-electron chi connectivity index (χ0n) is 10.7. The van der Waals surface area contributed by atoms with Crippen LogP contribution in [0.3, 0.4) is 0 Å². The van der Waals surface area contributed by atoms with Crippen LogP contribution in [0.15, 0.2) is 6.33 Å². The van der Waals surface area contributed by atoms with Gasteiger partial charge in [-0.2, -0.15) is 9.97 Å². The van der Waals surface area contributed by atoms with Crippen molar-refractivity contribution < 1.29 is 19.3 Å². The second kappa shape index (κ2) is 5.34. The Labute approximate surface area is 123 Å². The smallest absolute Gasteiger partial charge is 0.226 e. The van der Waals surface area contributed by atoms with Crippen LogP contribution in [0.4, 0.5) is 10.2 Å². The van der Waals surface area contributed by atoms with Crippen LogP contribution in [-0.2, 0) is 4.74 Å². The van der Waals surface area contributed by atoms with E-state index in [2.05, 4.69) is 15.0 Å². The molecule has 21 heavy (non-hydrogen) atoms. The second-order valence-corrected chi connectivity index (χ2v) is 5.11. The summed E-state index contributed by atoms with van der Waals surface area (Å²) in [6.45, 7) is -0.422. The van der Waals surface area contributed by atoms with Gasteiger partial charge >= 0.3 is 0 Å². The molecule has 114 valence electrons. The first-order valence-corrected chi connectivity index (χ1v) is 6.63. The van der Waals surface area contributed by atoms with Gasteiger partial charge in [0.2, 0.25) is 5.28 Å². The van der Waals surface area contributed by atoms with Gasteiger partial charge < -0.3 is 20.7 Å². The summed E-state index contributed by atoms with van der Waals surface area (Å²) in [5, 5.41) is 18.7. The minimum atomic E-state index is -1.49. The molecule has 1 aliphatic rings. The highest BCUT2D eigenvalue weighted by atomic mass is 35.5. The number of nitrogen functional groups attached to an aromatic ring is 1. The van der Waals surface area contributed by atoms with Gasteiger partial charge in [-0.1, -0.05) is 0 Å². The Balaban J connectivity index is 2.03. The largest absolute Gasteiger partial charge is 0.394 e. The lowest BCUT2D eigenvalue weighted by Gasteiger charge is -2.35. The number of rotatable bonds is 2. The number of imidazole rings is 1. The molecule has 0 aliphatic carbocycles. The number of alkyl halides is 1. The summed E-state index contributed by atoms with van der Waals surface area (Å²) in [5.74, 6) is 0.0775. The first-order chi connectivity index (χ1) is 10.0. The van der Waals surface area contributed by atoms with Crippen LogP contribution in [0.2, 0.25) is 5.28 Å². The lowest BCUT2D eigenvalue weighted by atomic mass is 10.0. The zero-order chi connectivity index (χ0) is 15.1. The molecule has 2 aromatic heterocycles. The average molecular weight is 318 g/mol. The number of aliphatic hydroxyl groups is 2. The van der Waals surface area contributed by atoms with E-state index < -0.39 is 31.2 Å². The first kappa shape index (κ1) is 14.4. The highest BCUT2D eigenvalue weighted by Crippen LogP contribution is 2.32. The van der Waals surface area contributed by atoms with Gasteiger partial charge in [0, 0.05) is 6.42 Å². The van der Waals surface area contributed by atoms with Gasteiger partial charge in [0.15, 0.2) is 17.7 Å². The number of aromatic nitrogens is 4. The summed E-state index contributed by atoms with van der Waals surface area (Å²) >= 11 is 5.75. The fourth-order valence-corrected chi connectivity index (χ4v) is 2.53. The van der Waals surface area contributed by atoms with Gasteiger partial charge in [-0.25, -0.2) is 9.37 Å². The fraction of sp³-hybridized carbons (Fsp3) is 0.545. The molecule has 0 bridgehead atoms. The van der Waals surface area contributed by atoms with Crippen LogP contribution in [0.25, 0.3) is 11.2 Å². The molecule has 0 radical (unpaired) electrons. The van der Waals surface area contributed by atoms with Gasteiger partial charge in [-0.15, -0.1) is 0 Å². The predicted octanol–water partition coefficient (Wildman–Crippen LogP) is 0.0407. The summed E-state index contributed by atoms with van der Waals surface area (Å²) in [5.41, 5.74) is 6.19. The van der Waals surface area contributed by atoms with Crippen molar-refractivity contribution in [2.75, 3.05) is 12.3 Å². The maximum absolute atomic E-state index is 14.2. The van der Waals surface area contributed by atoms with Crippen molar-refractivity contribution in [2.45, 2.75) is 31.0 Å². The Bertz CT molecular complexity index is 669. The van der Waals surface area contributed by atoms with E-state index in [1.54, 1.807) is 0 Å². The highest BCUT2D eigenvalue weighted by molar-refractivity contribution is 6.28. The zero-order valence-corrected chi connectivity index (χ0v) is 11.5. The summed E-state index contributed by atoms with van der Waals surface area (Å²) in [6, 6.07) is 0. The summed E-state index contributed by atoms with van der Waals surface area (Å²) in [6.07, 6.45) is -3.37. The van der Waals surface area contributed by atoms with Crippen LogP contribution in [-0.4, -0.2) is 54.7 Å². The van der Waals surface area contributed by atoms with Crippen molar-refractivity contribution in [2.24, 2.45) is 0 Å². The molecule has 0 amide bonds. The van der Waals surface area contributed by atoms with Crippen LogP contribution in [0.1, 0.15) is 12.6 Å². The Hall–Kier alpha value is -1.55. The van der Waals surface area contributed by atoms with E-state index in [1.165, 1.54) is 10.9 Å². The summed E-state index contributed by atoms with van der Waals surface area (Å²) in [4.78, 5) is 11.8. The minimum Gasteiger partial charge on any atom is -0.394 e. The number of fused-ring (bicyclic) bond motifs is 1. The van der Waals surface area contributed by atoms with Crippen molar-refractivity contribution in [3.8, 4) is 0 Å². The highest BCUT2D eigenvalue weighted by Gasteiger charge is 2.39. The van der Waals surface area contributed by atoms with E-state index in [4.69, 9.17) is 27.2 Å². The van der Waals surface area contributed by atoms with Gasteiger partial charge in [0.25, 0.3) is 0 Å². The molecule has 0 spiro atoms. The second-order valence-electron chi connectivity index (χ2n) is 4.77. The number of hydrogen-bond acceptors (Lipinski definition) is 7. The molecular formula is C11H13ClFN5O3. The quantitative estimate of drug-likeness (QED) is 0.669. The molecular weight excluding hydrogens is 305 g/mol. The van der Waals surface area contributed by atoms with E-state index in [9.17, 15) is 9.50 Å². The Morgan fingerprint density at radius 2 is 2.29 bits per heavy atom. The summed E-state index contributed by atoms with van der Waals surface area (Å²) in [7, 11) is 0. The van der Waals surface area contributed by atoms with E-state index in [-0.39, 0.29) is 28.7 Å². The van der Waals surface area contributed by atoms with Gasteiger partial charge in [-0.3, -0.25) is 4.57 Å². The van der Waals surface area contributed by atoms with Gasteiger partial charge in [0.1, 0.15) is 17.8 Å². The van der Waals surface area contributed by atoms with Crippen LogP contribution in [0, 0.1) is 0 Å². The molecule has 0 aromatic carbocycles. The SMILES string of the molecule is Nc1nc(Cl)nc2c1ncn2[C@H]1O[C@H](CO)[C@H](O)CC1F. The Kier molecular flexibility index (Phi) is 3.66. The number of nitrogens with zero attached hydrogens (tertiary/aromatic N) is 4. The number of hydrogen-bond donors (Lipinski definition) is 3. The molecule has 3 rings (SSSR count). The average Bonchev–Trinajstić information content (AvgIpc) is 2.83. The van der Waals surface area contributed by atoms with Crippen molar-refractivity contribution in [3.05, 3.63) is 11.6 Å². The molecule has 10 heteroatoms. The molecule has 8 nitrogen and oxygen atoms in total. The predicted molar refractivity (Wildman–Crippen MR) is 71.3 cm³/mol. The van der Waals surface area contributed by atoms with Crippen LogP contribution >= 0.6 is 11.6 Å². The number of anilines is 1. The molecule has 1 saturated heterocycles. The van der Waals surface area contributed by atoms with E-state index in [0.717, 1.165) is 0 Å². The number of aliphatic hydroxyl groups excluding tert-OH is 2. The molecule has 1 fully saturated rings. The Morgan fingerprint density at radius 1 is 1.52 bits per heavy atom. The molecule has 1 unspecified atom stereocenters. The molecule has 1 aliphatic heterocycles. The van der Waals surface area contributed by atoms with Crippen molar-refractivity contribution in [1.29, 1.82) is 0 Å². The van der Waals surface area contributed by atoms with Crippen molar-refractivity contribution in [1.82, 2.24) is 19.5 Å². The van der Waals surface area contributed by atoms with Crippen LogP contribution in [0.5, 0.6) is 0 Å². The third-order valence-electron chi connectivity index (χ3n) is 3.39. The normalized spacial score (nSPS) is 29.9. The van der Waals surface area contributed by atoms with E-state index in [1.807, 2.05) is 0 Å². The van der Waals surface area contributed by atoms with Gasteiger partial charge in [-0.05, 0) is 11.6 Å². The molecule has 4 N–H and O–H groups in total. The van der Waals surface area contributed by atoms with Crippen LogP contribution < -0.4 is 5.73 Å². The van der Waals surface area contributed by atoms with Crippen molar-refractivity contribution >= 4 is 28.6 Å². The molecule has 0 saturated carbocycles. The topological polar surface area (TPSA) is 119 Å². The maximum Gasteiger partial charge on any atom is 0.226 e. The first-order valence-electron chi connectivity index (χ1n) is 6.25. The molecule has 4 atom stereocenters. The lowest BCUT2D eigenvalue weighted by Crippen LogP contribution is -2.45. The number of halogens is 2. The fourth-order valence-electron chi connectivity index (χ4n) is 2.36. The summed E-state index contributed by atoms with van der Waals surface area (Å²) < 4.78 is 20.9. The molecule has 2 aromatic rings. The standard InChI is InChI=1S/C11H13ClFN5O3/c12-11-16-8(14)7-9(17-11)18(3-15-7)10-4(13)1-5(20)6(2-19)21-10/h3-6,10,19-20H,1-2H2,(H2,14,16,17)/t4?,5-,6-,10+/m1/s1. The maximum atomic E-state index is 14.2. The van der Waals surface area contributed by atoms with Gasteiger partial charge in [0.05, 0.1) is 19.0 Å². The van der Waals surface area contributed by atoms with E-state index in [0.29, 0.717) is 0 Å². The number of nitrogens with two attached hydrogens (primary N) is 1.